The molecule has 2 aliphatic rings. The zero-order chi connectivity index (χ0) is 24.8. The summed E-state index contributed by atoms with van der Waals surface area (Å²) in [4.78, 5) is 23.7. The second-order valence-corrected chi connectivity index (χ2v) is 10.9. The second-order valence-electron chi connectivity index (χ2n) is 9.85. The Balaban J connectivity index is 1.91. The number of hydrogen-bond acceptors (Lipinski definition) is 4. The molecule has 1 N–H and O–H groups in total. The highest BCUT2D eigenvalue weighted by Gasteiger charge is 2.36. The first-order chi connectivity index (χ1) is 15.8. The van der Waals surface area contributed by atoms with Crippen LogP contribution in [0, 0.1) is 5.92 Å². The first kappa shape index (κ1) is 24.4. The van der Waals surface area contributed by atoms with Gasteiger partial charge in [-0.2, -0.15) is 13.2 Å². The molecular formula is C26H26F3NO3S. The van der Waals surface area contributed by atoms with Crippen LogP contribution in [-0.4, -0.2) is 23.9 Å². The molecule has 2 heterocycles. The Morgan fingerprint density at radius 1 is 1.15 bits per heavy atom. The number of carbonyl (C=O) groups excluding carboxylic acids is 2. The van der Waals surface area contributed by atoms with Crippen molar-refractivity contribution in [2.75, 3.05) is 6.61 Å². The van der Waals surface area contributed by atoms with E-state index >= 15 is 0 Å². The highest BCUT2D eigenvalue weighted by molar-refractivity contribution is 8.18. The Labute approximate surface area is 201 Å². The quantitative estimate of drug-likeness (QED) is 0.478. The molecule has 1 fully saturated rings. The monoisotopic (exact) mass is 489 g/mol. The summed E-state index contributed by atoms with van der Waals surface area (Å²) in [5.74, 6) is 0.465. The van der Waals surface area contributed by atoms with Crippen molar-refractivity contribution >= 4 is 29.0 Å². The van der Waals surface area contributed by atoms with Crippen LogP contribution in [0.2, 0.25) is 0 Å². The van der Waals surface area contributed by atoms with Gasteiger partial charge in [-0.05, 0) is 64.6 Å². The molecular weight excluding hydrogens is 463 g/mol. The summed E-state index contributed by atoms with van der Waals surface area (Å²) in [7, 11) is 0. The molecule has 2 aromatic carbocycles. The van der Waals surface area contributed by atoms with Gasteiger partial charge in [0.15, 0.2) is 0 Å². The molecule has 0 unspecified atom stereocenters. The Morgan fingerprint density at radius 3 is 2.50 bits per heavy atom. The van der Waals surface area contributed by atoms with Crippen LogP contribution in [0.3, 0.4) is 0 Å². The van der Waals surface area contributed by atoms with E-state index in [1.54, 1.807) is 6.07 Å². The maximum atomic E-state index is 13.5. The van der Waals surface area contributed by atoms with Gasteiger partial charge in [0.1, 0.15) is 5.75 Å². The van der Waals surface area contributed by atoms with Gasteiger partial charge in [0, 0.05) is 16.5 Å². The van der Waals surface area contributed by atoms with E-state index in [9.17, 15) is 22.8 Å². The van der Waals surface area contributed by atoms with Crippen LogP contribution >= 0.6 is 11.8 Å². The van der Waals surface area contributed by atoms with Crippen molar-refractivity contribution in [2.24, 2.45) is 5.92 Å². The van der Waals surface area contributed by atoms with Gasteiger partial charge in [-0.1, -0.05) is 45.9 Å². The number of alkyl halides is 3. The van der Waals surface area contributed by atoms with E-state index in [4.69, 9.17) is 4.74 Å². The van der Waals surface area contributed by atoms with E-state index in [1.807, 2.05) is 6.07 Å². The molecule has 0 spiro atoms. The maximum Gasteiger partial charge on any atom is 0.393 e. The molecule has 4 nitrogen and oxygen atoms in total. The van der Waals surface area contributed by atoms with Crippen LogP contribution in [0.4, 0.5) is 18.0 Å². The fourth-order valence-electron chi connectivity index (χ4n) is 4.34. The first-order valence-corrected chi connectivity index (χ1v) is 11.9. The number of imide groups is 1. The molecule has 1 saturated heterocycles. The average molecular weight is 490 g/mol. The number of hydrogen-bond donors (Lipinski definition) is 1. The van der Waals surface area contributed by atoms with Crippen molar-refractivity contribution in [2.45, 2.75) is 52.1 Å². The van der Waals surface area contributed by atoms with Gasteiger partial charge in [0.05, 0.1) is 17.9 Å². The largest absolute Gasteiger partial charge is 0.492 e. The Kier molecular flexibility index (Phi) is 6.31. The summed E-state index contributed by atoms with van der Waals surface area (Å²) in [6, 6.07) is 8.65. The highest BCUT2D eigenvalue weighted by Crippen LogP contribution is 2.47. The lowest BCUT2D eigenvalue weighted by atomic mass is 9.82. The SMILES string of the molecule is CC(C)Cc1cc(-c2cc(/C=C3\SC(=O)NC3=O)ccc2CC(F)(F)F)c2c(c1)C(C)(C)CO2. The van der Waals surface area contributed by atoms with Crippen LogP contribution in [0.1, 0.15) is 49.9 Å². The summed E-state index contributed by atoms with van der Waals surface area (Å²) in [6.45, 7) is 8.76. The lowest BCUT2D eigenvalue weighted by molar-refractivity contribution is -0.127. The molecule has 180 valence electrons. The summed E-state index contributed by atoms with van der Waals surface area (Å²) in [6.07, 6.45) is -3.16. The van der Waals surface area contributed by atoms with Crippen LogP contribution < -0.4 is 10.1 Å². The third kappa shape index (κ3) is 5.17. The zero-order valence-electron chi connectivity index (χ0n) is 19.4. The molecule has 0 aliphatic carbocycles. The number of nitrogens with one attached hydrogen (secondary N) is 1. The van der Waals surface area contributed by atoms with Crippen LogP contribution in [0.15, 0.2) is 35.2 Å². The molecule has 0 aromatic heterocycles. The topological polar surface area (TPSA) is 55.4 Å². The summed E-state index contributed by atoms with van der Waals surface area (Å²) in [5, 5.41) is 1.72. The molecule has 2 aliphatic heterocycles. The number of rotatable bonds is 5. The van der Waals surface area contributed by atoms with Crippen LogP contribution in [0.5, 0.6) is 5.75 Å². The van der Waals surface area contributed by atoms with Crippen LogP contribution in [0.25, 0.3) is 17.2 Å². The minimum Gasteiger partial charge on any atom is -0.492 e. The van der Waals surface area contributed by atoms with Gasteiger partial charge in [-0.3, -0.25) is 14.9 Å². The first-order valence-electron chi connectivity index (χ1n) is 11.1. The molecule has 0 bridgehead atoms. The molecule has 2 aromatic rings. The van der Waals surface area contributed by atoms with E-state index in [0.29, 0.717) is 35.0 Å². The fourth-order valence-corrected chi connectivity index (χ4v) is 5.03. The van der Waals surface area contributed by atoms with Gasteiger partial charge < -0.3 is 4.74 Å². The number of ether oxygens (including phenoxy) is 1. The van der Waals surface area contributed by atoms with Gasteiger partial charge >= 0.3 is 6.18 Å². The van der Waals surface area contributed by atoms with Gasteiger partial charge in [0.2, 0.25) is 0 Å². The molecule has 0 radical (unpaired) electrons. The van der Waals surface area contributed by atoms with Gasteiger partial charge in [-0.25, -0.2) is 0 Å². The number of amides is 2. The summed E-state index contributed by atoms with van der Waals surface area (Å²) < 4.78 is 46.5. The number of benzene rings is 2. The number of thioether (sulfide) groups is 1. The Bertz CT molecular complexity index is 1200. The smallest absolute Gasteiger partial charge is 0.393 e. The van der Waals surface area contributed by atoms with E-state index in [1.165, 1.54) is 18.2 Å². The third-order valence-electron chi connectivity index (χ3n) is 5.85. The minimum absolute atomic E-state index is 0.131. The van der Waals surface area contributed by atoms with Crippen molar-refractivity contribution in [3.63, 3.8) is 0 Å². The van der Waals surface area contributed by atoms with Crippen molar-refractivity contribution in [3.05, 3.63) is 57.5 Å². The lowest BCUT2D eigenvalue weighted by Gasteiger charge is -2.20. The molecule has 2 amide bonds. The van der Waals surface area contributed by atoms with E-state index in [0.717, 1.165) is 29.3 Å². The highest BCUT2D eigenvalue weighted by atomic mass is 32.2. The molecule has 8 heteroatoms. The van der Waals surface area contributed by atoms with Crippen molar-refractivity contribution in [1.82, 2.24) is 5.32 Å². The third-order valence-corrected chi connectivity index (χ3v) is 6.66. The molecule has 0 saturated carbocycles. The molecule has 34 heavy (non-hydrogen) atoms. The minimum atomic E-state index is -4.39. The molecule has 0 atom stereocenters. The predicted molar refractivity (Wildman–Crippen MR) is 128 cm³/mol. The molecule has 4 rings (SSSR count). The van der Waals surface area contributed by atoms with Crippen LogP contribution in [-0.2, 0) is 23.1 Å². The standard InChI is InChI=1S/C26H26F3NO3S/c1-14(2)7-16-9-19(22-20(10-16)25(3,4)13-33-22)18-8-15(5-6-17(18)12-26(27,28)29)11-21-23(31)30-24(32)34-21/h5-6,8-11,14H,7,12-13H2,1-4H3,(H,30,31,32)/b21-11-. The van der Waals surface area contributed by atoms with Crippen molar-refractivity contribution < 1.29 is 27.5 Å². The van der Waals surface area contributed by atoms with E-state index < -0.39 is 23.7 Å². The average Bonchev–Trinajstić information content (AvgIpc) is 3.18. The normalized spacial score (nSPS) is 18.4. The Morgan fingerprint density at radius 2 is 1.88 bits per heavy atom. The number of carbonyl (C=O) groups is 2. The maximum absolute atomic E-state index is 13.5. The fraction of sp³-hybridized carbons (Fsp3) is 0.385. The predicted octanol–water partition coefficient (Wildman–Crippen LogP) is 6.65. The number of halogens is 3. The lowest BCUT2D eigenvalue weighted by Crippen LogP contribution is -2.18. The Hall–Kier alpha value is -2.74. The van der Waals surface area contributed by atoms with Crippen molar-refractivity contribution in [3.8, 4) is 16.9 Å². The van der Waals surface area contributed by atoms with Gasteiger partial charge in [-0.15, -0.1) is 0 Å². The number of fused-ring (bicyclic) bond motifs is 1. The zero-order valence-corrected chi connectivity index (χ0v) is 20.2. The summed E-state index contributed by atoms with van der Waals surface area (Å²) >= 11 is 0.770. The second kappa shape index (κ2) is 8.80. The summed E-state index contributed by atoms with van der Waals surface area (Å²) in [5.41, 5.74) is 3.47. The van der Waals surface area contributed by atoms with E-state index in [-0.39, 0.29) is 15.9 Å². The van der Waals surface area contributed by atoms with Crippen molar-refractivity contribution in [1.29, 1.82) is 0 Å². The van der Waals surface area contributed by atoms with E-state index in [2.05, 4.69) is 39.1 Å². The van der Waals surface area contributed by atoms with Gasteiger partial charge in [0.25, 0.3) is 11.1 Å².